The average Bonchev–Trinajstić information content (AvgIpc) is 3.63. The number of hydrogen-bond acceptors (Lipinski definition) is 4. The molecular weight excluding hydrogens is 450 g/mol. The van der Waals surface area contributed by atoms with E-state index in [2.05, 4.69) is 78.9 Å². The van der Waals surface area contributed by atoms with Gasteiger partial charge in [-0.25, -0.2) is 4.79 Å². The fourth-order valence-electron chi connectivity index (χ4n) is 6.43. The second kappa shape index (κ2) is 8.91. The first kappa shape index (κ1) is 21.8. The molecular formula is C31H29NO4. The van der Waals surface area contributed by atoms with Crippen LogP contribution in [-0.2, 0) is 14.2 Å². The minimum atomic E-state index is -0.275. The number of carbonyl (C=O) groups is 1. The van der Waals surface area contributed by atoms with E-state index >= 15 is 0 Å². The Kier molecular flexibility index (Phi) is 5.41. The summed E-state index contributed by atoms with van der Waals surface area (Å²) in [6.07, 6.45) is 4.62. The predicted octanol–water partition coefficient (Wildman–Crippen LogP) is 6.30. The summed E-state index contributed by atoms with van der Waals surface area (Å²) in [6.45, 7) is 1.64. The lowest BCUT2D eigenvalue weighted by molar-refractivity contribution is -0.0441. The zero-order chi connectivity index (χ0) is 24.1. The maximum atomic E-state index is 13.4. The van der Waals surface area contributed by atoms with Crippen LogP contribution in [0.25, 0.3) is 16.7 Å². The van der Waals surface area contributed by atoms with Gasteiger partial charge < -0.3 is 14.2 Å². The molecule has 2 atom stereocenters. The van der Waals surface area contributed by atoms with E-state index in [9.17, 15) is 4.79 Å². The summed E-state index contributed by atoms with van der Waals surface area (Å²) in [4.78, 5) is 15.3. The number of ether oxygens (including phenoxy) is 3. The van der Waals surface area contributed by atoms with E-state index in [1.165, 1.54) is 33.4 Å². The van der Waals surface area contributed by atoms with Crippen LogP contribution in [0.4, 0.5) is 4.79 Å². The summed E-state index contributed by atoms with van der Waals surface area (Å²) < 4.78 is 17.4. The highest BCUT2D eigenvalue weighted by molar-refractivity contribution is 5.79. The van der Waals surface area contributed by atoms with Crippen LogP contribution in [0.2, 0.25) is 0 Å². The lowest BCUT2D eigenvalue weighted by Crippen LogP contribution is -2.43. The third kappa shape index (κ3) is 3.66. The molecule has 0 saturated carbocycles. The first-order valence-electron chi connectivity index (χ1n) is 12.9. The largest absolute Gasteiger partial charge is 0.448 e. The minimum absolute atomic E-state index is 0.0806. The molecule has 0 spiro atoms. The molecule has 0 N–H and O–H groups in total. The molecule has 3 aromatic carbocycles. The summed E-state index contributed by atoms with van der Waals surface area (Å²) in [5.41, 5.74) is 8.51. The molecule has 3 heterocycles. The van der Waals surface area contributed by atoms with Gasteiger partial charge in [0, 0.05) is 17.5 Å². The summed E-state index contributed by atoms with van der Waals surface area (Å²) in [6, 6.07) is 25.6. The van der Waals surface area contributed by atoms with Crippen molar-refractivity contribution in [2.24, 2.45) is 0 Å². The van der Waals surface area contributed by atoms with E-state index in [-0.39, 0.29) is 30.4 Å². The molecule has 1 amide bonds. The van der Waals surface area contributed by atoms with E-state index in [1.807, 2.05) is 4.90 Å². The average molecular weight is 480 g/mol. The number of rotatable bonds is 4. The van der Waals surface area contributed by atoms with Gasteiger partial charge >= 0.3 is 6.09 Å². The number of nitrogens with zero attached hydrogens (tertiary/aromatic N) is 1. The zero-order valence-electron chi connectivity index (χ0n) is 20.1. The molecule has 36 heavy (non-hydrogen) atoms. The molecule has 5 nitrogen and oxygen atoms in total. The molecule has 1 aliphatic carbocycles. The fourth-order valence-corrected chi connectivity index (χ4v) is 6.43. The highest BCUT2D eigenvalue weighted by atomic mass is 16.7. The molecule has 4 aliphatic rings. The van der Waals surface area contributed by atoms with Gasteiger partial charge in [-0.15, -0.1) is 0 Å². The molecule has 3 aliphatic heterocycles. The van der Waals surface area contributed by atoms with Gasteiger partial charge in [-0.2, -0.15) is 0 Å². The van der Waals surface area contributed by atoms with Gasteiger partial charge in [0.05, 0.1) is 19.3 Å². The van der Waals surface area contributed by atoms with E-state index in [4.69, 9.17) is 14.2 Å². The second-order valence-corrected chi connectivity index (χ2v) is 10.1. The van der Waals surface area contributed by atoms with Crippen molar-refractivity contribution in [2.75, 3.05) is 19.8 Å². The molecule has 3 aromatic rings. The summed E-state index contributed by atoms with van der Waals surface area (Å²) >= 11 is 0. The second-order valence-electron chi connectivity index (χ2n) is 10.1. The molecule has 0 aromatic heterocycles. The number of carbonyl (C=O) groups excluding carboxylic acids is 1. The van der Waals surface area contributed by atoms with E-state index in [0.717, 1.165) is 24.8 Å². The van der Waals surface area contributed by atoms with Crippen LogP contribution in [0.15, 0.2) is 78.9 Å². The Labute approximate surface area is 211 Å². The van der Waals surface area contributed by atoms with Gasteiger partial charge in [0.1, 0.15) is 6.61 Å². The smallest absolute Gasteiger partial charge is 0.410 e. The SMILES string of the molecule is O=C(OCC1c2ccccc2-c2ccccc21)N1C2C=C(c3cccc(C4OCCO4)c3)CC1CC2. The van der Waals surface area contributed by atoms with Crippen LogP contribution in [0.5, 0.6) is 0 Å². The standard InChI is InChI=1S/C31H29NO4/c33-31(36-19-29-27-10-3-1-8-25(27)26-9-2-4-11-28(26)29)32-23-12-13-24(32)18-22(17-23)20-6-5-7-21(16-20)30-34-14-15-35-30/h1-11,16-17,23-24,29-30H,12-15,18-19H2. The molecule has 2 fully saturated rings. The van der Waals surface area contributed by atoms with Gasteiger partial charge in [-0.05, 0) is 58.7 Å². The van der Waals surface area contributed by atoms with Gasteiger partial charge in [0.25, 0.3) is 0 Å². The number of fused-ring (bicyclic) bond motifs is 5. The predicted molar refractivity (Wildman–Crippen MR) is 137 cm³/mol. The molecule has 2 unspecified atom stereocenters. The monoisotopic (exact) mass is 479 g/mol. The molecule has 7 rings (SSSR count). The van der Waals surface area contributed by atoms with Crippen molar-refractivity contribution in [1.29, 1.82) is 0 Å². The summed E-state index contributed by atoms with van der Waals surface area (Å²) in [7, 11) is 0. The van der Waals surface area contributed by atoms with Crippen molar-refractivity contribution in [2.45, 2.75) is 43.6 Å². The first-order valence-corrected chi connectivity index (χ1v) is 12.9. The molecule has 182 valence electrons. The van der Waals surface area contributed by atoms with Crippen LogP contribution < -0.4 is 0 Å². The Bertz CT molecular complexity index is 1300. The van der Waals surface area contributed by atoms with Gasteiger partial charge in [0.15, 0.2) is 6.29 Å². The van der Waals surface area contributed by atoms with Crippen molar-refractivity contribution in [3.05, 3.63) is 101 Å². The van der Waals surface area contributed by atoms with Crippen LogP contribution in [0, 0.1) is 0 Å². The van der Waals surface area contributed by atoms with Crippen LogP contribution >= 0.6 is 0 Å². The highest BCUT2D eigenvalue weighted by Gasteiger charge is 2.41. The maximum Gasteiger partial charge on any atom is 0.410 e. The third-order valence-electron chi connectivity index (χ3n) is 8.09. The lowest BCUT2D eigenvalue weighted by atomic mass is 9.94. The quantitative estimate of drug-likeness (QED) is 0.441. The maximum absolute atomic E-state index is 13.4. The van der Waals surface area contributed by atoms with E-state index in [1.54, 1.807) is 0 Å². The van der Waals surface area contributed by atoms with Crippen LogP contribution in [0.3, 0.4) is 0 Å². The Morgan fingerprint density at radius 2 is 1.61 bits per heavy atom. The summed E-state index contributed by atoms with van der Waals surface area (Å²) in [5.74, 6) is 0.0812. The molecule has 2 saturated heterocycles. The minimum Gasteiger partial charge on any atom is -0.448 e. The van der Waals surface area contributed by atoms with Crippen molar-refractivity contribution in [3.63, 3.8) is 0 Å². The van der Waals surface area contributed by atoms with E-state index in [0.29, 0.717) is 19.8 Å². The van der Waals surface area contributed by atoms with Crippen LogP contribution in [0.1, 0.15) is 53.7 Å². The topological polar surface area (TPSA) is 48.0 Å². The zero-order valence-corrected chi connectivity index (χ0v) is 20.1. The lowest BCUT2D eigenvalue weighted by Gasteiger charge is -2.33. The molecule has 0 radical (unpaired) electrons. The van der Waals surface area contributed by atoms with Gasteiger partial charge in [-0.3, -0.25) is 4.90 Å². The van der Waals surface area contributed by atoms with Crippen molar-refractivity contribution in [3.8, 4) is 11.1 Å². The first-order chi connectivity index (χ1) is 17.8. The van der Waals surface area contributed by atoms with Crippen molar-refractivity contribution in [1.82, 2.24) is 4.90 Å². The Balaban J connectivity index is 1.08. The molecule has 2 bridgehead atoms. The summed E-state index contributed by atoms with van der Waals surface area (Å²) in [5, 5.41) is 0. The van der Waals surface area contributed by atoms with E-state index < -0.39 is 0 Å². The van der Waals surface area contributed by atoms with Crippen molar-refractivity contribution >= 4 is 11.7 Å². The van der Waals surface area contributed by atoms with Gasteiger partial charge in [0.2, 0.25) is 0 Å². The highest BCUT2D eigenvalue weighted by Crippen LogP contribution is 2.45. The number of hydrogen-bond donors (Lipinski definition) is 0. The van der Waals surface area contributed by atoms with Gasteiger partial charge in [-0.1, -0.05) is 72.8 Å². The molecule has 5 heteroatoms. The number of benzene rings is 3. The number of amides is 1. The van der Waals surface area contributed by atoms with Crippen LogP contribution in [-0.4, -0.2) is 42.9 Å². The van der Waals surface area contributed by atoms with Crippen molar-refractivity contribution < 1.29 is 19.0 Å². The Morgan fingerprint density at radius 1 is 0.889 bits per heavy atom. The third-order valence-corrected chi connectivity index (χ3v) is 8.09. The normalized spacial score (nSPS) is 22.9. The Morgan fingerprint density at radius 3 is 2.33 bits per heavy atom. The Hall–Kier alpha value is -3.41. The fraction of sp³-hybridized carbons (Fsp3) is 0.323.